The summed E-state index contributed by atoms with van der Waals surface area (Å²) in [5.41, 5.74) is 1.78. The summed E-state index contributed by atoms with van der Waals surface area (Å²) in [6.45, 7) is 3.73. The van der Waals surface area contributed by atoms with Gasteiger partial charge in [0.05, 0.1) is 17.8 Å². The highest BCUT2D eigenvalue weighted by Gasteiger charge is 2.18. The Kier molecular flexibility index (Phi) is 4.09. The molecule has 0 aliphatic rings. The predicted octanol–water partition coefficient (Wildman–Crippen LogP) is 3.01. The van der Waals surface area contributed by atoms with E-state index in [0.29, 0.717) is 5.02 Å². The average Bonchev–Trinajstić information content (AvgIpc) is 2.73. The Morgan fingerprint density at radius 3 is 2.80 bits per heavy atom. The number of nitrogens with zero attached hydrogens (tertiary/aromatic N) is 2. The molecule has 2 rings (SSSR count). The third-order valence-corrected chi connectivity index (χ3v) is 3.50. The van der Waals surface area contributed by atoms with E-state index in [1.165, 1.54) is 18.2 Å². The van der Waals surface area contributed by atoms with E-state index in [1.54, 1.807) is 10.9 Å². The van der Waals surface area contributed by atoms with Crippen molar-refractivity contribution in [3.05, 3.63) is 52.1 Å². The third kappa shape index (κ3) is 2.82. The van der Waals surface area contributed by atoms with Gasteiger partial charge in [-0.2, -0.15) is 5.10 Å². The molecule has 1 N–H and O–H groups in total. The Hall–Kier alpha value is -1.88. The highest BCUT2D eigenvalue weighted by atomic mass is 35.5. The lowest BCUT2D eigenvalue weighted by molar-refractivity contribution is 0.0935. The molecule has 0 saturated heterocycles. The second-order valence-corrected chi connectivity index (χ2v) is 5.06. The monoisotopic (exact) mass is 295 g/mol. The molecule has 1 aromatic heterocycles. The Morgan fingerprint density at radius 2 is 2.20 bits per heavy atom. The molecule has 6 heteroatoms. The van der Waals surface area contributed by atoms with Crippen LogP contribution in [0.4, 0.5) is 4.39 Å². The van der Waals surface area contributed by atoms with Crippen molar-refractivity contribution >= 4 is 17.5 Å². The molecule has 1 amide bonds. The summed E-state index contributed by atoms with van der Waals surface area (Å²) >= 11 is 5.78. The summed E-state index contributed by atoms with van der Waals surface area (Å²) in [5, 5.41) is 7.18. The van der Waals surface area contributed by atoms with E-state index < -0.39 is 11.7 Å². The summed E-state index contributed by atoms with van der Waals surface area (Å²) in [4.78, 5) is 12.1. The molecule has 0 unspecified atom stereocenters. The van der Waals surface area contributed by atoms with Crippen molar-refractivity contribution in [2.75, 3.05) is 0 Å². The van der Waals surface area contributed by atoms with E-state index >= 15 is 0 Å². The smallest absolute Gasteiger partial charge is 0.254 e. The van der Waals surface area contributed by atoms with Crippen molar-refractivity contribution in [2.24, 2.45) is 7.05 Å². The SMILES string of the molecule is Cc1c([C@H](C)NC(=O)c2cc(Cl)ccc2F)cnn1C. The minimum Gasteiger partial charge on any atom is -0.345 e. The van der Waals surface area contributed by atoms with E-state index in [1.807, 2.05) is 20.9 Å². The molecule has 0 bridgehead atoms. The van der Waals surface area contributed by atoms with Gasteiger partial charge in [0, 0.05) is 23.3 Å². The first-order valence-corrected chi connectivity index (χ1v) is 6.52. The molecule has 1 aromatic carbocycles. The van der Waals surface area contributed by atoms with Crippen LogP contribution in [0.1, 0.15) is 34.6 Å². The molecule has 0 aliphatic heterocycles. The lowest BCUT2D eigenvalue weighted by Crippen LogP contribution is -2.27. The van der Waals surface area contributed by atoms with Crippen molar-refractivity contribution in [1.82, 2.24) is 15.1 Å². The summed E-state index contributed by atoms with van der Waals surface area (Å²) in [6, 6.07) is 3.63. The number of amides is 1. The van der Waals surface area contributed by atoms with Gasteiger partial charge in [0.1, 0.15) is 5.82 Å². The number of rotatable bonds is 3. The van der Waals surface area contributed by atoms with Crippen LogP contribution in [0.3, 0.4) is 0 Å². The van der Waals surface area contributed by atoms with Crippen molar-refractivity contribution in [3.8, 4) is 0 Å². The van der Waals surface area contributed by atoms with Gasteiger partial charge in [0.15, 0.2) is 0 Å². The highest BCUT2D eigenvalue weighted by Crippen LogP contribution is 2.19. The van der Waals surface area contributed by atoms with E-state index in [4.69, 9.17) is 11.6 Å². The van der Waals surface area contributed by atoms with E-state index in [-0.39, 0.29) is 11.6 Å². The van der Waals surface area contributed by atoms with Gasteiger partial charge in [0.2, 0.25) is 0 Å². The number of halogens is 2. The maximum Gasteiger partial charge on any atom is 0.254 e. The van der Waals surface area contributed by atoms with Gasteiger partial charge < -0.3 is 5.32 Å². The molecule has 1 atom stereocenters. The van der Waals surface area contributed by atoms with Crippen molar-refractivity contribution in [3.63, 3.8) is 0 Å². The number of benzene rings is 1. The second-order valence-electron chi connectivity index (χ2n) is 4.63. The van der Waals surface area contributed by atoms with Crippen LogP contribution in [-0.4, -0.2) is 15.7 Å². The van der Waals surface area contributed by atoms with Gasteiger partial charge in [0.25, 0.3) is 5.91 Å². The van der Waals surface area contributed by atoms with Gasteiger partial charge in [-0.15, -0.1) is 0 Å². The summed E-state index contributed by atoms with van der Waals surface area (Å²) in [5.74, 6) is -1.09. The Bertz CT molecular complexity index is 654. The van der Waals surface area contributed by atoms with E-state index in [0.717, 1.165) is 11.3 Å². The molecule has 0 aliphatic carbocycles. The van der Waals surface area contributed by atoms with Crippen LogP contribution < -0.4 is 5.32 Å². The largest absolute Gasteiger partial charge is 0.345 e. The van der Waals surface area contributed by atoms with Crippen LogP contribution in [0.15, 0.2) is 24.4 Å². The molecule has 0 saturated carbocycles. The Morgan fingerprint density at radius 1 is 1.50 bits per heavy atom. The predicted molar refractivity (Wildman–Crippen MR) is 75.2 cm³/mol. The maximum atomic E-state index is 13.6. The first-order chi connectivity index (χ1) is 9.40. The number of carbonyl (C=O) groups excluding carboxylic acids is 1. The molecule has 1 heterocycles. The third-order valence-electron chi connectivity index (χ3n) is 3.26. The maximum absolute atomic E-state index is 13.6. The zero-order chi connectivity index (χ0) is 14.9. The van der Waals surface area contributed by atoms with Crippen LogP contribution in [0.5, 0.6) is 0 Å². The lowest BCUT2D eigenvalue weighted by Gasteiger charge is -2.14. The van der Waals surface area contributed by atoms with Gasteiger partial charge in [-0.1, -0.05) is 11.6 Å². The molecule has 0 radical (unpaired) electrons. The number of hydrogen-bond acceptors (Lipinski definition) is 2. The Labute approximate surface area is 121 Å². The Balaban J connectivity index is 2.19. The number of aryl methyl sites for hydroxylation is 1. The summed E-state index contributed by atoms with van der Waals surface area (Å²) in [6.07, 6.45) is 1.69. The molecule has 2 aromatic rings. The van der Waals surface area contributed by atoms with Gasteiger partial charge >= 0.3 is 0 Å². The highest BCUT2D eigenvalue weighted by molar-refractivity contribution is 6.31. The second kappa shape index (κ2) is 5.63. The normalized spacial score (nSPS) is 12.2. The zero-order valence-corrected chi connectivity index (χ0v) is 12.2. The van der Waals surface area contributed by atoms with Crippen LogP contribution >= 0.6 is 11.6 Å². The fourth-order valence-corrected chi connectivity index (χ4v) is 2.14. The van der Waals surface area contributed by atoms with Crippen LogP contribution in [-0.2, 0) is 7.05 Å². The molecular weight excluding hydrogens is 281 g/mol. The van der Waals surface area contributed by atoms with Crippen molar-refractivity contribution < 1.29 is 9.18 Å². The molecular formula is C14H15ClFN3O. The number of carbonyl (C=O) groups is 1. The van der Waals surface area contributed by atoms with E-state index in [9.17, 15) is 9.18 Å². The average molecular weight is 296 g/mol. The number of nitrogens with one attached hydrogen (secondary N) is 1. The first-order valence-electron chi connectivity index (χ1n) is 6.14. The quantitative estimate of drug-likeness (QED) is 0.946. The van der Waals surface area contributed by atoms with Gasteiger partial charge in [-0.25, -0.2) is 4.39 Å². The fraction of sp³-hybridized carbons (Fsp3) is 0.286. The van der Waals surface area contributed by atoms with Crippen LogP contribution in [0.25, 0.3) is 0 Å². The topological polar surface area (TPSA) is 46.9 Å². The molecule has 106 valence electrons. The summed E-state index contributed by atoms with van der Waals surface area (Å²) < 4.78 is 15.3. The van der Waals surface area contributed by atoms with Crippen molar-refractivity contribution in [2.45, 2.75) is 19.9 Å². The molecule has 0 spiro atoms. The summed E-state index contributed by atoms with van der Waals surface area (Å²) in [7, 11) is 1.82. The molecule has 20 heavy (non-hydrogen) atoms. The van der Waals surface area contributed by atoms with Crippen LogP contribution in [0.2, 0.25) is 5.02 Å². The minimum absolute atomic E-state index is 0.0640. The van der Waals surface area contributed by atoms with Crippen LogP contribution in [0, 0.1) is 12.7 Å². The van der Waals surface area contributed by atoms with Crippen molar-refractivity contribution in [1.29, 1.82) is 0 Å². The zero-order valence-electron chi connectivity index (χ0n) is 11.4. The van der Waals surface area contributed by atoms with Gasteiger partial charge in [-0.3, -0.25) is 9.48 Å². The van der Waals surface area contributed by atoms with E-state index in [2.05, 4.69) is 10.4 Å². The molecule has 0 fully saturated rings. The number of hydrogen-bond donors (Lipinski definition) is 1. The lowest BCUT2D eigenvalue weighted by atomic mass is 10.1. The van der Waals surface area contributed by atoms with Gasteiger partial charge in [-0.05, 0) is 32.0 Å². The number of aromatic nitrogens is 2. The first kappa shape index (κ1) is 14.5. The molecule has 4 nitrogen and oxygen atoms in total. The fourth-order valence-electron chi connectivity index (χ4n) is 1.96. The minimum atomic E-state index is -0.595. The standard InChI is InChI=1S/C14H15ClFN3O/c1-8(12-7-17-19(3)9(12)2)18-14(20)11-6-10(15)4-5-13(11)16/h4-8H,1-3H3,(H,18,20)/t8-/m0/s1.